The Kier molecular flexibility index (Phi) is 3.77. The normalized spacial score (nSPS) is 11.0. The zero-order valence-corrected chi connectivity index (χ0v) is 14.7. The Morgan fingerprint density at radius 3 is 2.22 bits per heavy atom. The fourth-order valence-electron chi connectivity index (χ4n) is 2.64. The van der Waals surface area contributed by atoms with Crippen molar-refractivity contribution in [3.8, 4) is 22.3 Å². The second kappa shape index (κ2) is 5.92. The van der Waals surface area contributed by atoms with E-state index >= 15 is 0 Å². The van der Waals surface area contributed by atoms with Crippen molar-refractivity contribution in [1.29, 1.82) is 0 Å². The minimum atomic E-state index is -0.279. The summed E-state index contributed by atoms with van der Waals surface area (Å²) in [7, 11) is 1.42. The van der Waals surface area contributed by atoms with Crippen molar-refractivity contribution in [3.63, 3.8) is 0 Å². The highest BCUT2D eigenvalue weighted by Crippen LogP contribution is 2.41. The maximum atomic E-state index is 12.0. The van der Waals surface area contributed by atoms with E-state index in [9.17, 15) is 4.79 Å². The van der Waals surface area contributed by atoms with Crippen molar-refractivity contribution in [2.24, 2.45) is 0 Å². The molecule has 3 aromatic heterocycles. The van der Waals surface area contributed by atoms with Gasteiger partial charge < -0.3 is 4.74 Å². The van der Waals surface area contributed by atoms with Crippen LogP contribution in [0.3, 0.4) is 0 Å². The number of thiophene rings is 3. The number of fused-ring (bicyclic) bond motifs is 1. The molecule has 0 aliphatic carbocycles. The summed E-state index contributed by atoms with van der Waals surface area (Å²) >= 11 is 4.85. The first-order valence-electron chi connectivity index (χ1n) is 6.98. The van der Waals surface area contributed by atoms with Crippen LogP contribution in [0.1, 0.15) is 9.67 Å². The summed E-state index contributed by atoms with van der Waals surface area (Å²) in [4.78, 5) is 12.6. The highest BCUT2D eigenvalue weighted by Gasteiger charge is 2.17. The number of hydrogen-bond donors (Lipinski definition) is 0. The second-order valence-corrected chi connectivity index (χ2v) is 7.64. The van der Waals surface area contributed by atoms with Gasteiger partial charge in [0.15, 0.2) is 0 Å². The Bertz CT molecular complexity index is 892. The minimum absolute atomic E-state index is 0.279. The molecule has 2 nitrogen and oxygen atoms in total. The number of ether oxygens (including phenoxy) is 1. The zero-order valence-electron chi connectivity index (χ0n) is 12.2. The summed E-state index contributed by atoms with van der Waals surface area (Å²) in [6.07, 6.45) is 0. The van der Waals surface area contributed by atoms with Gasteiger partial charge in [-0.15, -0.1) is 11.3 Å². The Morgan fingerprint density at radius 1 is 0.957 bits per heavy atom. The average Bonchev–Trinajstić information content (AvgIpc) is 3.33. The lowest BCUT2D eigenvalue weighted by Gasteiger charge is -2.05. The molecule has 0 aliphatic heterocycles. The van der Waals surface area contributed by atoms with Gasteiger partial charge in [-0.05, 0) is 56.4 Å². The summed E-state index contributed by atoms with van der Waals surface area (Å²) in [6.45, 7) is 0. The van der Waals surface area contributed by atoms with E-state index in [-0.39, 0.29) is 5.97 Å². The average molecular weight is 356 g/mol. The molecule has 0 radical (unpaired) electrons. The highest BCUT2D eigenvalue weighted by molar-refractivity contribution is 7.21. The smallest absolute Gasteiger partial charge is 0.348 e. The van der Waals surface area contributed by atoms with E-state index in [1.165, 1.54) is 35.1 Å². The zero-order chi connectivity index (χ0) is 15.8. The van der Waals surface area contributed by atoms with Gasteiger partial charge in [0.05, 0.1) is 7.11 Å². The lowest BCUT2D eigenvalue weighted by Crippen LogP contribution is -1.96. The first-order chi connectivity index (χ1) is 11.3. The monoisotopic (exact) mass is 356 g/mol. The van der Waals surface area contributed by atoms with Crippen molar-refractivity contribution >= 4 is 50.1 Å². The van der Waals surface area contributed by atoms with E-state index in [1.807, 2.05) is 6.07 Å². The van der Waals surface area contributed by atoms with E-state index in [4.69, 9.17) is 4.74 Å². The lowest BCUT2D eigenvalue weighted by atomic mass is 9.99. The Hall–Kier alpha value is -1.95. The largest absolute Gasteiger partial charge is 0.465 e. The number of rotatable bonds is 3. The predicted molar refractivity (Wildman–Crippen MR) is 99.8 cm³/mol. The summed E-state index contributed by atoms with van der Waals surface area (Å²) in [6, 6.07) is 10.5. The molecule has 3 heterocycles. The first-order valence-corrected chi connectivity index (χ1v) is 9.68. The molecule has 0 spiro atoms. The topological polar surface area (TPSA) is 26.3 Å². The number of carbonyl (C=O) groups is 1. The van der Waals surface area contributed by atoms with Gasteiger partial charge in [0.1, 0.15) is 4.88 Å². The molecule has 0 fully saturated rings. The van der Waals surface area contributed by atoms with Gasteiger partial charge in [-0.2, -0.15) is 22.7 Å². The summed E-state index contributed by atoms with van der Waals surface area (Å²) in [5.41, 5.74) is 4.70. The van der Waals surface area contributed by atoms with Crippen molar-refractivity contribution in [2.75, 3.05) is 7.11 Å². The first kappa shape index (κ1) is 14.6. The summed E-state index contributed by atoms with van der Waals surface area (Å²) < 4.78 is 6.03. The molecule has 0 aliphatic rings. The fraction of sp³-hybridized carbons (Fsp3) is 0.0556. The Labute approximate surface area is 145 Å². The molecule has 0 saturated heterocycles. The van der Waals surface area contributed by atoms with Crippen molar-refractivity contribution in [3.05, 3.63) is 56.7 Å². The molecule has 1 aromatic carbocycles. The van der Waals surface area contributed by atoms with Crippen LogP contribution in [0.4, 0.5) is 0 Å². The molecule has 5 heteroatoms. The molecule has 0 amide bonds. The van der Waals surface area contributed by atoms with Crippen LogP contribution < -0.4 is 0 Å². The molecule has 0 N–H and O–H groups in total. The van der Waals surface area contributed by atoms with Crippen LogP contribution in [-0.2, 0) is 4.74 Å². The second-order valence-electron chi connectivity index (χ2n) is 5.03. The maximum Gasteiger partial charge on any atom is 0.348 e. The molecule has 23 heavy (non-hydrogen) atoms. The number of carbonyl (C=O) groups excluding carboxylic acids is 1. The number of hydrogen-bond acceptors (Lipinski definition) is 5. The van der Waals surface area contributed by atoms with E-state index in [2.05, 4.69) is 45.8 Å². The summed E-state index contributed by atoms with van der Waals surface area (Å²) in [5.74, 6) is -0.279. The van der Waals surface area contributed by atoms with Gasteiger partial charge in [0.2, 0.25) is 0 Å². The number of methoxy groups -OCH3 is 1. The Morgan fingerprint density at radius 2 is 1.61 bits per heavy atom. The van der Waals surface area contributed by atoms with Gasteiger partial charge in [0.25, 0.3) is 0 Å². The molecule has 4 rings (SSSR count). The van der Waals surface area contributed by atoms with Crippen LogP contribution in [0.2, 0.25) is 0 Å². The number of esters is 1. The van der Waals surface area contributed by atoms with Gasteiger partial charge in [-0.3, -0.25) is 0 Å². The third kappa shape index (κ3) is 2.51. The standard InChI is InChI=1S/C18H12O2S3/c1-20-18(19)16-8-15-13(11-4-6-21-9-11)2-3-14(17(15)23-16)12-5-7-22-10-12/h2-10H,1H3. The SMILES string of the molecule is COC(=O)c1cc2c(-c3ccsc3)ccc(-c3ccsc3)c2s1. The molecular formula is C18H12O2S3. The van der Waals surface area contributed by atoms with Crippen LogP contribution in [-0.4, -0.2) is 13.1 Å². The maximum absolute atomic E-state index is 12.0. The van der Waals surface area contributed by atoms with E-state index in [1.54, 1.807) is 22.7 Å². The van der Waals surface area contributed by atoms with Crippen molar-refractivity contribution in [2.45, 2.75) is 0 Å². The van der Waals surface area contributed by atoms with Crippen molar-refractivity contribution < 1.29 is 9.53 Å². The minimum Gasteiger partial charge on any atom is -0.465 e. The quantitative estimate of drug-likeness (QED) is 0.412. The summed E-state index contributed by atoms with van der Waals surface area (Å²) in [5, 5.41) is 9.52. The molecule has 4 aromatic rings. The molecule has 0 unspecified atom stereocenters. The fourth-order valence-corrected chi connectivity index (χ4v) is 5.09. The van der Waals surface area contributed by atoms with Crippen LogP contribution in [0.15, 0.2) is 51.9 Å². The van der Waals surface area contributed by atoms with Crippen molar-refractivity contribution in [1.82, 2.24) is 0 Å². The molecule has 0 bridgehead atoms. The lowest BCUT2D eigenvalue weighted by molar-refractivity contribution is 0.0606. The predicted octanol–water partition coefficient (Wildman–Crippen LogP) is 6.14. The molecule has 0 atom stereocenters. The third-order valence-electron chi connectivity index (χ3n) is 3.73. The molecule has 114 valence electrons. The van der Waals surface area contributed by atoms with E-state index in [0.717, 1.165) is 15.6 Å². The van der Waals surface area contributed by atoms with Crippen LogP contribution in [0, 0.1) is 0 Å². The molecule has 0 saturated carbocycles. The third-order valence-corrected chi connectivity index (χ3v) is 6.25. The molecular weight excluding hydrogens is 344 g/mol. The van der Waals surface area contributed by atoms with Gasteiger partial charge in [-0.1, -0.05) is 12.1 Å². The van der Waals surface area contributed by atoms with Crippen LogP contribution >= 0.6 is 34.0 Å². The van der Waals surface area contributed by atoms with Crippen LogP contribution in [0.25, 0.3) is 32.3 Å². The Balaban J connectivity index is 2.01. The highest BCUT2D eigenvalue weighted by atomic mass is 32.1. The number of benzene rings is 1. The van der Waals surface area contributed by atoms with E-state index < -0.39 is 0 Å². The van der Waals surface area contributed by atoms with Gasteiger partial charge in [-0.25, -0.2) is 4.79 Å². The van der Waals surface area contributed by atoms with E-state index in [0.29, 0.717) is 4.88 Å². The van der Waals surface area contributed by atoms with Crippen LogP contribution in [0.5, 0.6) is 0 Å². The van der Waals surface area contributed by atoms with Gasteiger partial charge >= 0.3 is 5.97 Å². The van der Waals surface area contributed by atoms with Gasteiger partial charge in [0, 0.05) is 15.6 Å².